The van der Waals surface area contributed by atoms with E-state index in [4.69, 9.17) is 9.47 Å². The van der Waals surface area contributed by atoms with E-state index in [1.807, 2.05) is 6.07 Å². The molecule has 0 aromatic carbocycles. The highest BCUT2D eigenvalue weighted by atomic mass is 16.5. The highest BCUT2D eigenvalue weighted by Crippen LogP contribution is 2.26. The van der Waals surface area contributed by atoms with E-state index in [2.05, 4.69) is 26.0 Å². The van der Waals surface area contributed by atoms with E-state index in [1.54, 1.807) is 41.6 Å². The van der Waals surface area contributed by atoms with Gasteiger partial charge >= 0.3 is 0 Å². The van der Waals surface area contributed by atoms with Gasteiger partial charge in [0.15, 0.2) is 5.65 Å². The maximum Gasteiger partial charge on any atom is 0.274 e. The first-order valence-corrected chi connectivity index (χ1v) is 11.0. The third-order valence-electron chi connectivity index (χ3n) is 6.09. The number of amides is 1. The molecule has 1 aliphatic heterocycles. The van der Waals surface area contributed by atoms with Crippen molar-refractivity contribution in [2.24, 2.45) is 0 Å². The lowest BCUT2D eigenvalue weighted by molar-refractivity contribution is 0.0581. The number of fused-ring (bicyclic) bond motifs is 1. The summed E-state index contributed by atoms with van der Waals surface area (Å²) in [5, 5.41) is 13.4. The third kappa shape index (κ3) is 4.16. The van der Waals surface area contributed by atoms with Gasteiger partial charge in [-0.2, -0.15) is 9.61 Å². The minimum Gasteiger partial charge on any atom is -0.379 e. The molecule has 11 heteroatoms. The molecule has 33 heavy (non-hydrogen) atoms. The van der Waals surface area contributed by atoms with Gasteiger partial charge in [0.25, 0.3) is 11.5 Å². The zero-order valence-corrected chi connectivity index (χ0v) is 18.6. The monoisotopic (exact) mass is 453 g/mol. The summed E-state index contributed by atoms with van der Waals surface area (Å²) in [5.41, 5.74) is 0.982. The molecule has 11 nitrogen and oxygen atoms in total. The van der Waals surface area contributed by atoms with Crippen LogP contribution in [0, 0.1) is 0 Å². The van der Waals surface area contributed by atoms with Crippen molar-refractivity contribution in [1.29, 1.82) is 0 Å². The summed E-state index contributed by atoms with van der Waals surface area (Å²) in [6, 6.07) is 5.29. The fourth-order valence-electron chi connectivity index (χ4n) is 4.17. The van der Waals surface area contributed by atoms with Crippen molar-refractivity contribution in [3.05, 3.63) is 46.5 Å². The molecule has 2 fully saturated rings. The number of hydrogen-bond donors (Lipinski definition) is 3. The molecule has 3 aromatic heterocycles. The molecular formula is C22H27N7O4. The number of carbonyl (C=O) groups is 1. The first kappa shape index (κ1) is 21.4. The minimum absolute atomic E-state index is 0.00548. The van der Waals surface area contributed by atoms with E-state index in [0.717, 1.165) is 25.9 Å². The number of ether oxygens (including phenoxy) is 2. The molecule has 0 bridgehead atoms. The second-order valence-electron chi connectivity index (χ2n) is 8.29. The molecule has 5 rings (SSSR count). The maximum atomic E-state index is 13.1. The van der Waals surface area contributed by atoms with Crippen molar-refractivity contribution >= 4 is 28.9 Å². The first-order chi connectivity index (χ1) is 16.1. The Bertz CT molecular complexity index is 1230. The number of pyridine rings is 1. The van der Waals surface area contributed by atoms with Crippen LogP contribution in [0.1, 0.15) is 35.7 Å². The number of methoxy groups -OCH3 is 1. The fourth-order valence-corrected chi connectivity index (χ4v) is 4.17. The molecule has 3 aromatic rings. The normalized spacial score (nSPS) is 22.2. The van der Waals surface area contributed by atoms with Gasteiger partial charge in [-0.05, 0) is 31.4 Å². The summed E-state index contributed by atoms with van der Waals surface area (Å²) < 4.78 is 14.1. The zero-order chi connectivity index (χ0) is 22.9. The Balaban J connectivity index is 1.45. The van der Waals surface area contributed by atoms with Gasteiger partial charge < -0.3 is 30.0 Å². The standard InChI is InChI=1S/C22H27N7O4/c1-23-19-10-18(25-15-6-3-7-28(22(15)31)13-5-4-8-33-12-13)27-20-14(11-24-29(19)20)21(30)26-16-9-17(16)32-2/h3,6-7,10-11,13,16-17,23H,4-5,8-9,12H2,1-2H3,(H,25,27)(H,26,30)/t13-,16-,17-/m0/s1. The number of hydrogen-bond acceptors (Lipinski definition) is 8. The Labute approximate surface area is 190 Å². The van der Waals surface area contributed by atoms with E-state index < -0.39 is 0 Å². The largest absolute Gasteiger partial charge is 0.379 e. The molecule has 3 N–H and O–H groups in total. The van der Waals surface area contributed by atoms with Gasteiger partial charge in [-0.1, -0.05) is 0 Å². The lowest BCUT2D eigenvalue weighted by Crippen LogP contribution is -2.31. The number of rotatable bonds is 7. The Morgan fingerprint density at radius 3 is 2.97 bits per heavy atom. The average molecular weight is 454 g/mol. The van der Waals surface area contributed by atoms with Crippen LogP contribution in [0.2, 0.25) is 0 Å². The molecule has 3 atom stereocenters. The highest BCUT2D eigenvalue weighted by molar-refractivity contribution is 6.00. The van der Waals surface area contributed by atoms with E-state index in [9.17, 15) is 9.59 Å². The van der Waals surface area contributed by atoms with E-state index >= 15 is 0 Å². The van der Waals surface area contributed by atoms with Gasteiger partial charge in [0.1, 0.15) is 22.9 Å². The smallest absolute Gasteiger partial charge is 0.274 e. The second-order valence-corrected chi connectivity index (χ2v) is 8.29. The molecule has 0 unspecified atom stereocenters. The predicted molar refractivity (Wildman–Crippen MR) is 122 cm³/mol. The summed E-state index contributed by atoms with van der Waals surface area (Å²) in [7, 11) is 3.38. The molecular weight excluding hydrogens is 426 g/mol. The number of nitrogens with zero attached hydrogens (tertiary/aromatic N) is 4. The lowest BCUT2D eigenvalue weighted by Gasteiger charge is -2.24. The van der Waals surface area contributed by atoms with Crippen LogP contribution in [0.25, 0.3) is 5.65 Å². The Morgan fingerprint density at radius 2 is 2.24 bits per heavy atom. The summed E-state index contributed by atoms with van der Waals surface area (Å²) in [6.07, 6.45) is 5.94. The number of aromatic nitrogens is 4. The Hall–Kier alpha value is -3.44. The number of carbonyl (C=O) groups excluding carboxylic acids is 1. The van der Waals surface area contributed by atoms with Gasteiger partial charge in [-0.25, -0.2) is 4.98 Å². The third-order valence-corrected chi connectivity index (χ3v) is 6.09. The molecule has 0 radical (unpaired) electrons. The number of anilines is 3. The van der Waals surface area contributed by atoms with Crippen molar-refractivity contribution in [2.45, 2.75) is 37.5 Å². The van der Waals surface area contributed by atoms with Crippen LogP contribution >= 0.6 is 0 Å². The van der Waals surface area contributed by atoms with Gasteiger partial charge in [-0.15, -0.1) is 0 Å². The molecule has 1 saturated heterocycles. The lowest BCUT2D eigenvalue weighted by atomic mass is 10.1. The van der Waals surface area contributed by atoms with Crippen molar-refractivity contribution < 1.29 is 14.3 Å². The minimum atomic E-state index is -0.263. The predicted octanol–water partition coefficient (Wildman–Crippen LogP) is 1.54. The molecule has 1 aliphatic carbocycles. The van der Waals surface area contributed by atoms with E-state index in [-0.39, 0.29) is 29.7 Å². The zero-order valence-electron chi connectivity index (χ0n) is 18.6. The maximum absolute atomic E-state index is 13.1. The fraction of sp³-hybridized carbons (Fsp3) is 0.455. The number of nitrogens with one attached hydrogen (secondary N) is 3. The van der Waals surface area contributed by atoms with Crippen molar-refractivity contribution in [2.75, 3.05) is 38.0 Å². The Morgan fingerprint density at radius 1 is 1.36 bits per heavy atom. The van der Waals surface area contributed by atoms with Crippen LogP contribution in [-0.4, -0.2) is 64.6 Å². The van der Waals surface area contributed by atoms with Crippen molar-refractivity contribution in [3.63, 3.8) is 0 Å². The summed E-state index contributed by atoms with van der Waals surface area (Å²) in [4.78, 5) is 30.5. The summed E-state index contributed by atoms with van der Waals surface area (Å²) >= 11 is 0. The van der Waals surface area contributed by atoms with E-state index in [1.165, 1.54) is 6.20 Å². The first-order valence-electron chi connectivity index (χ1n) is 11.0. The molecule has 1 amide bonds. The Kier molecular flexibility index (Phi) is 5.73. The van der Waals surface area contributed by atoms with Crippen molar-refractivity contribution in [3.8, 4) is 0 Å². The van der Waals surface area contributed by atoms with E-state index in [0.29, 0.717) is 35.1 Å². The van der Waals surface area contributed by atoms with Gasteiger partial charge in [0.05, 0.1) is 31.0 Å². The van der Waals surface area contributed by atoms with Gasteiger partial charge in [0.2, 0.25) is 0 Å². The molecule has 2 aliphatic rings. The molecule has 0 spiro atoms. The van der Waals surface area contributed by atoms with Crippen LogP contribution in [-0.2, 0) is 9.47 Å². The van der Waals surface area contributed by atoms with Gasteiger partial charge in [0, 0.05) is 33.0 Å². The van der Waals surface area contributed by atoms with Crippen LogP contribution in [0.4, 0.5) is 17.3 Å². The van der Waals surface area contributed by atoms with Crippen LogP contribution < -0.4 is 21.5 Å². The average Bonchev–Trinajstić information content (AvgIpc) is 3.45. The van der Waals surface area contributed by atoms with Gasteiger partial charge in [-0.3, -0.25) is 9.59 Å². The molecule has 174 valence electrons. The van der Waals surface area contributed by atoms with Crippen molar-refractivity contribution in [1.82, 2.24) is 24.5 Å². The highest BCUT2D eigenvalue weighted by Gasteiger charge is 2.39. The molecule has 1 saturated carbocycles. The SMILES string of the molecule is CNc1cc(Nc2cccn([C@H]3CCCOC3)c2=O)nc2c(C(=O)N[C@H]3C[C@@H]3OC)cnn12. The molecule has 4 heterocycles. The van der Waals surface area contributed by atoms with Crippen LogP contribution in [0.5, 0.6) is 0 Å². The quantitative estimate of drug-likeness (QED) is 0.492. The summed E-state index contributed by atoms with van der Waals surface area (Å²) in [5.74, 6) is 0.789. The second kappa shape index (κ2) is 8.83. The van der Waals surface area contributed by atoms with Crippen LogP contribution in [0.15, 0.2) is 35.4 Å². The topological polar surface area (TPSA) is 124 Å². The summed E-state index contributed by atoms with van der Waals surface area (Å²) in [6.45, 7) is 1.25. The van der Waals surface area contributed by atoms with Crippen LogP contribution in [0.3, 0.4) is 0 Å².